The van der Waals surface area contributed by atoms with Gasteiger partial charge >= 0.3 is 5.97 Å². The Hall–Kier alpha value is -1.35. The Morgan fingerprint density at radius 1 is 1.35 bits per heavy atom. The molecule has 0 radical (unpaired) electrons. The summed E-state index contributed by atoms with van der Waals surface area (Å²) in [6, 6.07) is 11.2. The van der Waals surface area contributed by atoms with Crippen LogP contribution >= 0.6 is 0 Å². The lowest BCUT2D eigenvalue weighted by Gasteiger charge is -2.39. The monoisotopic (exact) mass is 274 g/mol. The van der Waals surface area contributed by atoms with Crippen LogP contribution in [-0.2, 0) is 9.53 Å². The van der Waals surface area contributed by atoms with Gasteiger partial charge in [0, 0.05) is 17.9 Å². The molecule has 1 aromatic rings. The highest BCUT2D eigenvalue weighted by Gasteiger charge is 2.56. The van der Waals surface area contributed by atoms with Crippen LogP contribution in [0.25, 0.3) is 0 Å². The summed E-state index contributed by atoms with van der Waals surface area (Å²) in [5.74, 6) is 0.674. The molecule has 0 aliphatic carbocycles. The van der Waals surface area contributed by atoms with Crippen molar-refractivity contribution in [2.45, 2.75) is 26.3 Å². The number of benzene rings is 1. The number of esters is 1. The van der Waals surface area contributed by atoms with Gasteiger partial charge in [-0.15, -0.1) is 0 Å². The maximum atomic E-state index is 12.1. The minimum Gasteiger partial charge on any atom is -0.466 e. The smallest absolute Gasteiger partial charge is 0.315 e. The second-order valence-electron chi connectivity index (χ2n) is 6.30. The average Bonchev–Trinajstić information content (AvgIpc) is 3.07. The van der Waals surface area contributed by atoms with Crippen molar-refractivity contribution in [1.29, 1.82) is 0 Å². The number of piperidine rings is 1. The molecule has 3 heteroatoms. The second kappa shape index (κ2) is 5.21. The van der Waals surface area contributed by atoms with Gasteiger partial charge in [0.1, 0.15) is 12.0 Å². The van der Waals surface area contributed by atoms with Crippen LogP contribution in [0.1, 0.15) is 31.9 Å². The fourth-order valence-corrected chi connectivity index (χ4v) is 4.18. The van der Waals surface area contributed by atoms with Crippen molar-refractivity contribution in [3.8, 4) is 0 Å². The van der Waals surface area contributed by atoms with Crippen LogP contribution in [0.2, 0.25) is 0 Å². The number of hydrogen-bond donors (Lipinski definition) is 0. The highest BCUT2D eigenvalue weighted by atomic mass is 16.5. The molecule has 2 fully saturated rings. The van der Waals surface area contributed by atoms with E-state index in [-0.39, 0.29) is 11.9 Å². The van der Waals surface area contributed by atoms with Crippen LogP contribution in [0.5, 0.6) is 0 Å². The number of quaternary nitrogens is 1. The maximum Gasteiger partial charge on any atom is 0.315 e. The van der Waals surface area contributed by atoms with Crippen molar-refractivity contribution in [2.75, 3.05) is 26.2 Å². The summed E-state index contributed by atoms with van der Waals surface area (Å²) in [7, 11) is 0. The molecule has 0 aromatic heterocycles. The predicted molar refractivity (Wildman–Crippen MR) is 77.9 cm³/mol. The summed E-state index contributed by atoms with van der Waals surface area (Å²) < 4.78 is 6.33. The van der Waals surface area contributed by atoms with E-state index in [0.717, 1.165) is 17.6 Å². The molecule has 3 unspecified atom stereocenters. The Kier molecular flexibility index (Phi) is 3.55. The van der Waals surface area contributed by atoms with Crippen LogP contribution in [0.4, 0.5) is 0 Å². The lowest BCUT2D eigenvalue weighted by molar-refractivity contribution is -0.938. The van der Waals surface area contributed by atoms with E-state index in [9.17, 15) is 4.79 Å². The summed E-state index contributed by atoms with van der Waals surface area (Å²) in [6.07, 6.45) is 1.17. The van der Waals surface area contributed by atoms with E-state index in [0.29, 0.717) is 18.6 Å². The molecule has 0 saturated carbocycles. The zero-order valence-electron chi connectivity index (χ0n) is 12.4. The molecule has 3 nitrogen and oxygen atoms in total. The molecule has 0 N–H and O–H groups in total. The van der Waals surface area contributed by atoms with Crippen molar-refractivity contribution in [3.05, 3.63) is 35.9 Å². The van der Waals surface area contributed by atoms with E-state index in [1.807, 2.05) is 6.92 Å². The van der Waals surface area contributed by atoms with Gasteiger partial charge < -0.3 is 9.22 Å². The number of carbonyl (C=O) groups is 1. The van der Waals surface area contributed by atoms with Gasteiger partial charge in [0.05, 0.1) is 26.2 Å². The molecular formula is C17H24NO2+. The molecule has 2 saturated heterocycles. The van der Waals surface area contributed by atoms with Crippen molar-refractivity contribution in [3.63, 3.8) is 0 Å². The summed E-state index contributed by atoms with van der Waals surface area (Å²) >= 11 is 0. The highest BCUT2D eigenvalue weighted by molar-refractivity contribution is 5.73. The SMILES string of the molecule is CCOC(=O)C1C[N@+]2(C(C)c3ccccc3)CCC1C2. The van der Waals surface area contributed by atoms with E-state index in [2.05, 4.69) is 37.3 Å². The van der Waals surface area contributed by atoms with Gasteiger partial charge in [0.15, 0.2) is 0 Å². The van der Waals surface area contributed by atoms with Crippen LogP contribution < -0.4 is 0 Å². The molecule has 2 bridgehead atoms. The van der Waals surface area contributed by atoms with E-state index in [1.54, 1.807) is 0 Å². The Morgan fingerprint density at radius 3 is 2.80 bits per heavy atom. The first-order valence-corrected chi connectivity index (χ1v) is 7.73. The zero-order chi connectivity index (χ0) is 14.2. The van der Waals surface area contributed by atoms with Gasteiger partial charge in [0.2, 0.25) is 0 Å². The standard InChI is InChI=1S/C17H24NO2/c1-3-20-17(19)16-12-18(10-9-15(16)11-18)13(2)14-7-5-4-6-8-14/h4-8,13,15-16H,3,9-12H2,1-2H3/q+1/t13?,15?,16?,18-/m0/s1. The summed E-state index contributed by atoms with van der Waals surface area (Å²) in [5, 5.41) is 0. The van der Waals surface area contributed by atoms with Gasteiger partial charge in [-0.25, -0.2) is 0 Å². The molecular weight excluding hydrogens is 250 g/mol. The molecule has 3 rings (SSSR count). The summed E-state index contributed by atoms with van der Waals surface area (Å²) in [6.45, 7) is 8.00. The molecule has 4 atom stereocenters. The van der Waals surface area contributed by atoms with Crippen LogP contribution in [0, 0.1) is 11.8 Å². The van der Waals surface area contributed by atoms with Crippen molar-refractivity contribution in [1.82, 2.24) is 0 Å². The van der Waals surface area contributed by atoms with Gasteiger partial charge in [-0.05, 0) is 13.8 Å². The zero-order valence-corrected chi connectivity index (χ0v) is 12.4. The number of ether oxygens (including phenoxy) is 1. The van der Waals surface area contributed by atoms with Gasteiger partial charge in [-0.1, -0.05) is 30.3 Å². The molecule has 1 aromatic carbocycles. The fraction of sp³-hybridized carbons (Fsp3) is 0.588. The number of fused-ring (bicyclic) bond motifs is 2. The van der Waals surface area contributed by atoms with Crippen LogP contribution in [-0.4, -0.2) is 36.7 Å². The van der Waals surface area contributed by atoms with Gasteiger partial charge in [-0.3, -0.25) is 4.79 Å². The van der Waals surface area contributed by atoms with Crippen molar-refractivity contribution in [2.24, 2.45) is 11.8 Å². The number of hydrogen-bond acceptors (Lipinski definition) is 2. The third kappa shape index (κ3) is 2.14. The topological polar surface area (TPSA) is 26.3 Å². The van der Waals surface area contributed by atoms with Crippen molar-refractivity contribution < 1.29 is 14.0 Å². The van der Waals surface area contributed by atoms with E-state index >= 15 is 0 Å². The molecule has 0 amide bonds. The van der Waals surface area contributed by atoms with Crippen molar-refractivity contribution >= 4 is 5.97 Å². The Labute approximate surface area is 121 Å². The van der Waals surface area contributed by atoms with Gasteiger partial charge in [0.25, 0.3) is 0 Å². The molecule has 0 spiro atoms. The third-order valence-electron chi connectivity index (χ3n) is 5.37. The first-order valence-electron chi connectivity index (χ1n) is 7.73. The predicted octanol–water partition coefficient (Wildman–Crippen LogP) is 2.78. The molecule has 2 aliphatic rings. The minimum atomic E-state index is 0.0254. The number of rotatable bonds is 4. The van der Waals surface area contributed by atoms with E-state index in [1.165, 1.54) is 18.5 Å². The first-order chi connectivity index (χ1) is 9.66. The molecule has 20 heavy (non-hydrogen) atoms. The molecule has 108 valence electrons. The molecule has 2 heterocycles. The Morgan fingerprint density at radius 2 is 2.10 bits per heavy atom. The lowest BCUT2D eigenvalue weighted by atomic mass is 9.92. The lowest BCUT2D eigenvalue weighted by Crippen LogP contribution is -2.48. The summed E-state index contributed by atoms with van der Waals surface area (Å²) in [5.41, 5.74) is 1.39. The number of nitrogens with zero attached hydrogens (tertiary/aromatic N) is 1. The quantitative estimate of drug-likeness (QED) is 0.623. The fourth-order valence-electron chi connectivity index (χ4n) is 4.18. The van der Waals surface area contributed by atoms with E-state index in [4.69, 9.17) is 4.74 Å². The van der Waals surface area contributed by atoms with Gasteiger partial charge in [-0.2, -0.15) is 0 Å². The second-order valence-corrected chi connectivity index (χ2v) is 6.30. The largest absolute Gasteiger partial charge is 0.466 e. The van der Waals surface area contributed by atoms with Crippen LogP contribution in [0.15, 0.2) is 30.3 Å². The Bertz CT molecular complexity index is 487. The van der Waals surface area contributed by atoms with Crippen LogP contribution in [0.3, 0.4) is 0 Å². The maximum absolute atomic E-state index is 12.1. The summed E-state index contributed by atoms with van der Waals surface area (Å²) in [4.78, 5) is 12.1. The normalized spacial score (nSPS) is 33.1. The first kappa shape index (κ1) is 13.6. The van der Waals surface area contributed by atoms with E-state index < -0.39 is 0 Å². The number of carbonyl (C=O) groups excluding carboxylic acids is 1. The minimum absolute atomic E-state index is 0.0254. The third-order valence-corrected chi connectivity index (χ3v) is 5.37. The average molecular weight is 274 g/mol. The highest BCUT2D eigenvalue weighted by Crippen LogP contribution is 2.46. The Balaban J connectivity index is 1.79. The molecule has 2 aliphatic heterocycles.